The van der Waals surface area contributed by atoms with Crippen LogP contribution in [0.3, 0.4) is 0 Å². The molecule has 2 aromatic heterocycles. The van der Waals surface area contributed by atoms with Crippen LogP contribution in [0.4, 0.5) is 31.7 Å². The van der Waals surface area contributed by atoms with Gasteiger partial charge in [0.1, 0.15) is 16.5 Å². The third-order valence-corrected chi connectivity index (χ3v) is 11.4. The Hall–Kier alpha value is -5.46. The zero-order chi connectivity index (χ0) is 36.0. The monoisotopic (exact) mass is 719 g/mol. The molecule has 0 unspecified atom stereocenters. The lowest BCUT2D eigenvalue weighted by Gasteiger charge is -2.53. The number of ether oxygens (including phenoxy) is 1. The van der Waals surface area contributed by atoms with E-state index in [1.165, 1.54) is 6.07 Å². The molecule has 3 aromatic carbocycles. The number of nitrogens with one attached hydrogen (secondary N) is 2. The molecule has 52 heavy (non-hydrogen) atoms. The number of anilines is 4. The number of para-hydroxylation sites is 2. The van der Waals surface area contributed by atoms with Crippen LogP contribution in [0.1, 0.15) is 54.4 Å². The van der Waals surface area contributed by atoms with Gasteiger partial charge in [-0.1, -0.05) is 30.3 Å². The van der Waals surface area contributed by atoms with Crippen molar-refractivity contribution in [1.29, 1.82) is 0 Å². The number of pyridine rings is 1. The Bertz CT molecular complexity index is 2190. The first-order valence-electron chi connectivity index (χ1n) is 17.2. The Balaban J connectivity index is 0.984. The second kappa shape index (κ2) is 13.6. The number of halogens is 2. The third kappa shape index (κ3) is 6.11. The number of rotatable bonds is 6. The van der Waals surface area contributed by atoms with Gasteiger partial charge in [-0.2, -0.15) is 0 Å². The molecule has 5 heterocycles. The van der Waals surface area contributed by atoms with Gasteiger partial charge in [0.25, 0.3) is 17.7 Å². The Labute approximate surface area is 303 Å². The second-order valence-electron chi connectivity index (χ2n) is 13.5. The predicted molar refractivity (Wildman–Crippen MR) is 198 cm³/mol. The highest BCUT2D eigenvalue weighted by Crippen LogP contribution is 2.44. The molecule has 3 amide bonds. The first-order valence-corrected chi connectivity index (χ1v) is 18.0. The van der Waals surface area contributed by atoms with Crippen molar-refractivity contribution in [2.45, 2.75) is 26.2 Å². The van der Waals surface area contributed by atoms with Gasteiger partial charge in [-0.3, -0.25) is 14.4 Å². The number of aryl methyl sites for hydroxylation is 1. The quantitative estimate of drug-likeness (QED) is 0.186. The van der Waals surface area contributed by atoms with Gasteiger partial charge in [-0.25, -0.2) is 13.8 Å². The molecule has 2 N–H and O–H groups in total. The summed E-state index contributed by atoms with van der Waals surface area (Å²) in [5, 5.41) is 5.49. The van der Waals surface area contributed by atoms with E-state index in [4.69, 9.17) is 4.74 Å². The molecule has 12 heteroatoms. The zero-order valence-corrected chi connectivity index (χ0v) is 29.2. The van der Waals surface area contributed by atoms with Gasteiger partial charge in [0, 0.05) is 71.7 Å². The number of hydrogen-bond donors (Lipinski definition) is 2. The number of carbonyl (C=O) groups excluding carboxylic acids is 3. The van der Waals surface area contributed by atoms with Gasteiger partial charge in [0.05, 0.1) is 16.9 Å². The largest absolute Gasteiger partial charge is 0.381 e. The molecule has 0 bridgehead atoms. The van der Waals surface area contributed by atoms with Gasteiger partial charge in [-0.05, 0) is 80.3 Å². The van der Waals surface area contributed by atoms with Gasteiger partial charge in [0.2, 0.25) is 0 Å². The Kier molecular flexibility index (Phi) is 8.80. The van der Waals surface area contributed by atoms with E-state index in [-0.39, 0.29) is 40.8 Å². The number of hydrogen-bond acceptors (Lipinski definition) is 7. The second-order valence-corrected chi connectivity index (χ2v) is 14.6. The minimum absolute atomic E-state index is 0.00958. The van der Waals surface area contributed by atoms with Gasteiger partial charge >= 0.3 is 0 Å². The third-order valence-electron chi connectivity index (χ3n) is 10.2. The molecule has 264 valence electrons. The number of aromatic nitrogens is 1. The molecule has 0 aliphatic carbocycles. The Morgan fingerprint density at radius 2 is 1.65 bits per heavy atom. The summed E-state index contributed by atoms with van der Waals surface area (Å²) in [5.74, 6) is -1.93. The fourth-order valence-electron chi connectivity index (χ4n) is 7.36. The lowest BCUT2D eigenvalue weighted by Crippen LogP contribution is -2.59. The van der Waals surface area contributed by atoms with Crippen molar-refractivity contribution in [3.8, 4) is 10.4 Å². The molecule has 0 atom stereocenters. The smallest absolute Gasteiger partial charge is 0.268 e. The summed E-state index contributed by atoms with van der Waals surface area (Å²) >= 11 is 0.986. The van der Waals surface area contributed by atoms with E-state index >= 15 is 4.39 Å². The lowest BCUT2D eigenvalue weighted by molar-refractivity contribution is -0.000510. The van der Waals surface area contributed by atoms with Crippen LogP contribution in [0, 0.1) is 24.0 Å². The van der Waals surface area contributed by atoms with E-state index in [2.05, 4.69) is 20.5 Å². The minimum atomic E-state index is -0.731. The Morgan fingerprint density at radius 3 is 2.42 bits per heavy atom. The standard InChI is InChI=1S/C40H35F2N5O4S/c1-24-6-4-9-30(41)33(24)45-38(49)35-32(42)28-15-19-47(31-10-3-2-7-27(31)34(28)52-35)39(50)25-11-13-26(14-12-25)44-37(48)29-8-5-18-43-36(29)46-22-40(23-46)16-20-51-21-17-40/h2-14,18H,15-17,19-23H2,1H3,(H,44,48)(H,45,49). The van der Waals surface area contributed by atoms with Crippen LogP contribution < -0.4 is 20.4 Å². The van der Waals surface area contributed by atoms with E-state index < -0.39 is 17.5 Å². The van der Waals surface area contributed by atoms with E-state index in [1.807, 2.05) is 0 Å². The molecule has 2 fully saturated rings. The maximum absolute atomic E-state index is 15.9. The molecular weight excluding hydrogens is 685 g/mol. The summed E-state index contributed by atoms with van der Waals surface area (Å²) in [7, 11) is 0. The average Bonchev–Trinajstić information content (AvgIpc) is 3.38. The summed E-state index contributed by atoms with van der Waals surface area (Å²) < 4.78 is 35.9. The first kappa shape index (κ1) is 33.7. The highest BCUT2D eigenvalue weighted by molar-refractivity contribution is 7.17. The van der Waals surface area contributed by atoms with Crippen molar-refractivity contribution in [3.05, 3.63) is 124 Å². The van der Waals surface area contributed by atoms with Crippen LogP contribution in [0.2, 0.25) is 0 Å². The summed E-state index contributed by atoms with van der Waals surface area (Å²) in [6.45, 7) is 5.04. The van der Waals surface area contributed by atoms with Crippen LogP contribution in [0.15, 0.2) is 85.1 Å². The van der Waals surface area contributed by atoms with Crippen molar-refractivity contribution in [2.75, 3.05) is 53.3 Å². The summed E-state index contributed by atoms with van der Waals surface area (Å²) in [4.78, 5) is 49.3. The summed E-state index contributed by atoms with van der Waals surface area (Å²) in [6.07, 6.45) is 3.88. The topological polar surface area (TPSA) is 104 Å². The van der Waals surface area contributed by atoms with Crippen molar-refractivity contribution >= 4 is 51.9 Å². The molecule has 3 aliphatic heterocycles. The fourth-order valence-corrected chi connectivity index (χ4v) is 8.52. The summed E-state index contributed by atoms with van der Waals surface area (Å²) in [6, 6.07) is 21.8. The number of amides is 3. The Morgan fingerprint density at radius 1 is 0.885 bits per heavy atom. The van der Waals surface area contributed by atoms with Crippen LogP contribution in [0.5, 0.6) is 0 Å². The van der Waals surface area contributed by atoms with Crippen LogP contribution in [-0.4, -0.2) is 55.6 Å². The number of carbonyl (C=O) groups is 3. The van der Waals surface area contributed by atoms with Crippen molar-refractivity contribution in [2.24, 2.45) is 5.41 Å². The van der Waals surface area contributed by atoms with Crippen LogP contribution in [-0.2, 0) is 11.2 Å². The highest BCUT2D eigenvalue weighted by atomic mass is 32.1. The normalized spacial score (nSPS) is 16.0. The van der Waals surface area contributed by atoms with Gasteiger partial charge in [0.15, 0.2) is 5.82 Å². The van der Waals surface area contributed by atoms with E-state index in [9.17, 15) is 18.8 Å². The molecule has 8 rings (SSSR count). The highest BCUT2D eigenvalue weighted by Gasteiger charge is 2.45. The molecule has 5 aromatic rings. The van der Waals surface area contributed by atoms with Crippen LogP contribution in [0.25, 0.3) is 10.4 Å². The molecular formula is C40H35F2N5O4S. The summed E-state index contributed by atoms with van der Waals surface area (Å²) in [5.41, 5.74) is 3.69. The SMILES string of the molecule is Cc1cccc(F)c1NC(=O)c1sc2c(c1F)CCN(C(=O)c1ccc(NC(=O)c3cccnc3N3CC4(CCOCC4)C3)cc1)c1ccccc1-2. The number of thiophene rings is 1. The number of nitrogens with zero attached hydrogens (tertiary/aromatic N) is 3. The molecule has 3 aliphatic rings. The van der Waals surface area contributed by atoms with E-state index in [1.54, 1.807) is 90.8 Å². The molecule has 2 saturated heterocycles. The molecule has 9 nitrogen and oxygen atoms in total. The minimum Gasteiger partial charge on any atom is -0.381 e. The number of benzene rings is 3. The van der Waals surface area contributed by atoms with Gasteiger partial charge < -0.3 is 25.2 Å². The fraction of sp³-hybridized carbons (Fsp3) is 0.250. The number of fused-ring (bicyclic) bond motifs is 3. The average molecular weight is 720 g/mol. The molecule has 0 saturated carbocycles. The van der Waals surface area contributed by atoms with Gasteiger partial charge in [-0.15, -0.1) is 11.3 Å². The van der Waals surface area contributed by atoms with E-state index in [0.717, 1.165) is 50.5 Å². The van der Waals surface area contributed by atoms with Crippen molar-refractivity contribution in [1.82, 2.24) is 4.98 Å². The van der Waals surface area contributed by atoms with E-state index in [0.29, 0.717) is 49.9 Å². The predicted octanol–water partition coefficient (Wildman–Crippen LogP) is 7.72. The maximum atomic E-state index is 15.9. The van der Waals surface area contributed by atoms with Crippen molar-refractivity contribution in [3.63, 3.8) is 0 Å². The molecule has 0 radical (unpaired) electrons. The maximum Gasteiger partial charge on any atom is 0.268 e. The molecule has 1 spiro atoms. The zero-order valence-electron chi connectivity index (χ0n) is 28.4. The first-order chi connectivity index (χ1) is 25.2. The van der Waals surface area contributed by atoms with Crippen molar-refractivity contribution < 1.29 is 27.9 Å². The lowest BCUT2D eigenvalue weighted by atomic mass is 9.73. The van der Waals surface area contributed by atoms with Crippen LogP contribution >= 0.6 is 11.3 Å².